The van der Waals surface area contributed by atoms with Crippen molar-refractivity contribution >= 4 is 23.4 Å². The Bertz CT molecular complexity index is 625. The first-order chi connectivity index (χ1) is 10.1. The number of aryl methyl sites for hydroxylation is 1. The fourth-order valence-corrected chi connectivity index (χ4v) is 2.92. The SMILES string of the molecule is CCSc1cccc(NCCc2ccn(C)n2)c1C(=O)O. The molecule has 0 aliphatic heterocycles. The zero-order valence-corrected chi connectivity index (χ0v) is 13.0. The number of rotatable bonds is 7. The van der Waals surface area contributed by atoms with E-state index < -0.39 is 5.97 Å². The minimum Gasteiger partial charge on any atom is -0.478 e. The van der Waals surface area contributed by atoms with Crippen LogP contribution in [0.1, 0.15) is 23.0 Å². The lowest BCUT2D eigenvalue weighted by Crippen LogP contribution is -2.11. The quantitative estimate of drug-likeness (QED) is 0.770. The maximum absolute atomic E-state index is 11.5. The molecule has 0 radical (unpaired) electrons. The van der Waals surface area contributed by atoms with Crippen molar-refractivity contribution in [3.63, 3.8) is 0 Å². The number of anilines is 1. The molecule has 112 valence electrons. The predicted octanol–water partition coefficient (Wildman–Crippen LogP) is 2.88. The van der Waals surface area contributed by atoms with Gasteiger partial charge in [0.15, 0.2) is 0 Å². The van der Waals surface area contributed by atoms with Crippen molar-refractivity contribution in [1.82, 2.24) is 9.78 Å². The van der Waals surface area contributed by atoms with Gasteiger partial charge in [0, 0.05) is 36.8 Å². The van der Waals surface area contributed by atoms with E-state index >= 15 is 0 Å². The van der Waals surface area contributed by atoms with E-state index in [1.54, 1.807) is 16.4 Å². The number of nitrogens with one attached hydrogen (secondary N) is 1. The highest BCUT2D eigenvalue weighted by molar-refractivity contribution is 7.99. The molecule has 2 aromatic rings. The van der Waals surface area contributed by atoms with Crippen LogP contribution >= 0.6 is 11.8 Å². The smallest absolute Gasteiger partial charge is 0.338 e. The summed E-state index contributed by atoms with van der Waals surface area (Å²) in [6.45, 7) is 2.66. The van der Waals surface area contributed by atoms with E-state index in [9.17, 15) is 9.90 Å². The van der Waals surface area contributed by atoms with Crippen molar-refractivity contribution in [2.24, 2.45) is 7.05 Å². The Hall–Kier alpha value is -1.95. The molecular weight excluding hydrogens is 286 g/mol. The molecule has 2 N–H and O–H groups in total. The van der Waals surface area contributed by atoms with Crippen molar-refractivity contribution in [3.8, 4) is 0 Å². The summed E-state index contributed by atoms with van der Waals surface area (Å²) >= 11 is 1.54. The van der Waals surface area contributed by atoms with Crippen molar-refractivity contribution in [2.75, 3.05) is 17.6 Å². The van der Waals surface area contributed by atoms with Crippen LogP contribution in [0, 0.1) is 0 Å². The molecule has 0 saturated heterocycles. The average Bonchev–Trinajstić information content (AvgIpc) is 2.85. The van der Waals surface area contributed by atoms with Gasteiger partial charge in [-0.05, 0) is 24.0 Å². The molecule has 1 aromatic carbocycles. The third kappa shape index (κ3) is 4.01. The standard InChI is InChI=1S/C15H19N3O2S/c1-3-21-13-6-4-5-12(14(13)15(19)20)16-9-7-11-8-10-18(2)17-11/h4-6,8,10,16H,3,7,9H2,1-2H3,(H,19,20). The lowest BCUT2D eigenvalue weighted by Gasteiger charge is -2.12. The van der Waals surface area contributed by atoms with Gasteiger partial charge in [0.25, 0.3) is 0 Å². The minimum absolute atomic E-state index is 0.352. The Morgan fingerprint density at radius 2 is 2.24 bits per heavy atom. The van der Waals surface area contributed by atoms with Crippen molar-refractivity contribution in [2.45, 2.75) is 18.2 Å². The summed E-state index contributed by atoms with van der Waals surface area (Å²) in [6, 6.07) is 7.50. The lowest BCUT2D eigenvalue weighted by atomic mass is 10.1. The van der Waals surface area contributed by atoms with Crippen molar-refractivity contribution < 1.29 is 9.90 Å². The number of aromatic nitrogens is 2. The first-order valence-electron chi connectivity index (χ1n) is 6.83. The number of thioether (sulfide) groups is 1. The second-order valence-electron chi connectivity index (χ2n) is 4.57. The molecule has 0 bridgehead atoms. The first-order valence-corrected chi connectivity index (χ1v) is 7.82. The van der Waals surface area contributed by atoms with E-state index in [1.165, 1.54) is 0 Å². The second kappa shape index (κ2) is 7.17. The normalized spacial score (nSPS) is 10.6. The molecule has 21 heavy (non-hydrogen) atoms. The molecule has 0 atom stereocenters. The molecule has 6 heteroatoms. The fourth-order valence-electron chi connectivity index (χ4n) is 2.10. The Morgan fingerprint density at radius 3 is 2.86 bits per heavy atom. The van der Waals surface area contributed by atoms with Crippen LogP contribution in [-0.2, 0) is 13.5 Å². The van der Waals surface area contributed by atoms with E-state index in [4.69, 9.17) is 0 Å². The molecule has 0 fully saturated rings. The van der Waals surface area contributed by atoms with Crippen LogP contribution in [0.5, 0.6) is 0 Å². The Balaban J connectivity index is 2.08. The maximum atomic E-state index is 11.5. The van der Waals surface area contributed by atoms with Crippen LogP contribution < -0.4 is 5.32 Å². The van der Waals surface area contributed by atoms with Gasteiger partial charge in [0.2, 0.25) is 0 Å². The Morgan fingerprint density at radius 1 is 1.43 bits per heavy atom. The van der Waals surface area contributed by atoms with E-state index in [0.717, 1.165) is 22.8 Å². The zero-order valence-electron chi connectivity index (χ0n) is 12.2. The van der Waals surface area contributed by atoms with Gasteiger partial charge in [-0.2, -0.15) is 5.10 Å². The molecule has 0 spiro atoms. The van der Waals surface area contributed by atoms with Gasteiger partial charge in [0.1, 0.15) is 0 Å². The molecule has 0 aliphatic carbocycles. The van der Waals surface area contributed by atoms with Crippen molar-refractivity contribution in [1.29, 1.82) is 0 Å². The molecule has 1 heterocycles. The van der Waals surface area contributed by atoms with Crippen LogP contribution in [0.2, 0.25) is 0 Å². The van der Waals surface area contributed by atoms with Gasteiger partial charge in [-0.3, -0.25) is 4.68 Å². The van der Waals surface area contributed by atoms with Crippen LogP contribution in [0.4, 0.5) is 5.69 Å². The number of hydrogen-bond donors (Lipinski definition) is 2. The number of carbonyl (C=O) groups is 1. The number of aromatic carboxylic acids is 1. The summed E-state index contributed by atoms with van der Waals surface area (Å²) in [4.78, 5) is 12.3. The highest BCUT2D eigenvalue weighted by Crippen LogP contribution is 2.28. The van der Waals surface area contributed by atoms with E-state index in [2.05, 4.69) is 10.4 Å². The molecule has 5 nitrogen and oxygen atoms in total. The fraction of sp³-hybridized carbons (Fsp3) is 0.333. The van der Waals surface area contributed by atoms with Crippen molar-refractivity contribution in [3.05, 3.63) is 41.7 Å². The molecule has 1 aromatic heterocycles. The number of carboxylic acids is 1. The number of hydrogen-bond acceptors (Lipinski definition) is 4. The number of benzene rings is 1. The van der Waals surface area contributed by atoms with Gasteiger partial charge < -0.3 is 10.4 Å². The molecule has 0 unspecified atom stereocenters. The summed E-state index contributed by atoms with van der Waals surface area (Å²) in [7, 11) is 1.88. The summed E-state index contributed by atoms with van der Waals surface area (Å²) in [6.07, 6.45) is 2.65. The highest BCUT2D eigenvalue weighted by atomic mass is 32.2. The van der Waals surface area contributed by atoms with Gasteiger partial charge in [0.05, 0.1) is 11.3 Å². The molecule has 0 amide bonds. The molecule has 2 rings (SSSR count). The van der Waals surface area contributed by atoms with Gasteiger partial charge in [-0.1, -0.05) is 13.0 Å². The lowest BCUT2D eigenvalue weighted by molar-refractivity contribution is 0.0694. The second-order valence-corrected chi connectivity index (χ2v) is 5.88. The van der Waals surface area contributed by atoms with Crippen LogP contribution in [0.3, 0.4) is 0 Å². The van der Waals surface area contributed by atoms with E-state index in [0.29, 0.717) is 17.8 Å². The first kappa shape index (κ1) is 15.4. The van der Waals surface area contributed by atoms with Gasteiger partial charge >= 0.3 is 5.97 Å². The zero-order chi connectivity index (χ0) is 15.2. The molecular formula is C15H19N3O2S. The van der Waals surface area contributed by atoms with E-state index in [-0.39, 0.29) is 0 Å². The predicted molar refractivity (Wildman–Crippen MR) is 85.2 cm³/mol. The summed E-state index contributed by atoms with van der Waals surface area (Å²) in [5.41, 5.74) is 2.00. The summed E-state index contributed by atoms with van der Waals surface area (Å²) in [5, 5.41) is 16.9. The third-order valence-electron chi connectivity index (χ3n) is 3.01. The Kier molecular flexibility index (Phi) is 5.27. The largest absolute Gasteiger partial charge is 0.478 e. The number of carboxylic acid groups (broad SMARTS) is 1. The Labute approximate surface area is 128 Å². The van der Waals surface area contributed by atoms with Gasteiger partial charge in [-0.15, -0.1) is 11.8 Å². The summed E-state index contributed by atoms with van der Waals surface area (Å²) in [5.74, 6) is -0.0515. The average molecular weight is 305 g/mol. The van der Waals surface area contributed by atoms with Crippen LogP contribution in [0.25, 0.3) is 0 Å². The third-order valence-corrected chi connectivity index (χ3v) is 3.95. The molecule has 0 aliphatic rings. The topological polar surface area (TPSA) is 67.2 Å². The van der Waals surface area contributed by atoms with Crippen LogP contribution in [-0.4, -0.2) is 33.2 Å². The van der Waals surface area contributed by atoms with E-state index in [1.807, 2.05) is 44.4 Å². The van der Waals surface area contributed by atoms with Gasteiger partial charge in [-0.25, -0.2) is 4.79 Å². The number of nitrogens with zero attached hydrogens (tertiary/aromatic N) is 2. The summed E-state index contributed by atoms with van der Waals surface area (Å²) < 4.78 is 1.76. The maximum Gasteiger partial charge on any atom is 0.338 e. The minimum atomic E-state index is -0.896. The monoisotopic (exact) mass is 305 g/mol. The molecule has 0 saturated carbocycles. The highest BCUT2D eigenvalue weighted by Gasteiger charge is 2.15. The van der Waals surface area contributed by atoms with Crippen LogP contribution in [0.15, 0.2) is 35.4 Å².